The van der Waals surface area contributed by atoms with Gasteiger partial charge in [0, 0.05) is 24.1 Å². The molecule has 1 saturated carbocycles. The third-order valence-electron chi connectivity index (χ3n) is 3.11. The smallest absolute Gasteiger partial charge is 0.0249 e. The third kappa shape index (κ3) is 1.73. The molecule has 2 fully saturated rings. The first-order chi connectivity index (χ1) is 5.35. The summed E-state index contributed by atoms with van der Waals surface area (Å²) in [4.78, 5) is 0. The van der Waals surface area contributed by atoms with Gasteiger partial charge < -0.3 is 5.32 Å². The summed E-state index contributed by atoms with van der Waals surface area (Å²) in [6, 6.07) is 0.851. The molecule has 1 saturated heterocycles. The van der Waals surface area contributed by atoms with Crippen molar-refractivity contribution in [2.45, 2.75) is 32.2 Å². The van der Waals surface area contributed by atoms with Crippen LogP contribution in [0.15, 0.2) is 0 Å². The monoisotopic (exact) mass is 171 g/mol. The van der Waals surface area contributed by atoms with Crippen LogP contribution in [0.2, 0.25) is 0 Å². The molecule has 0 spiro atoms. The van der Waals surface area contributed by atoms with Crippen molar-refractivity contribution in [1.82, 2.24) is 5.32 Å². The van der Waals surface area contributed by atoms with Crippen LogP contribution in [0.5, 0.6) is 0 Å². The molecular formula is C9H17NS. The van der Waals surface area contributed by atoms with Crippen LogP contribution in [0, 0.1) is 5.41 Å². The maximum Gasteiger partial charge on any atom is 0.0249 e. The Hall–Kier alpha value is 0.310. The van der Waals surface area contributed by atoms with Crippen LogP contribution in [0.25, 0.3) is 0 Å². The molecule has 0 aromatic carbocycles. The van der Waals surface area contributed by atoms with Gasteiger partial charge in [0.15, 0.2) is 0 Å². The largest absolute Gasteiger partial charge is 0.312 e. The van der Waals surface area contributed by atoms with E-state index >= 15 is 0 Å². The molecule has 0 aromatic rings. The van der Waals surface area contributed by atoms with Crippen LogP contribution in [-0.2, 0) is 0 Å². The van der Waals surface area contributed by atoms with Gasteiger partial charge in [-0.3, -0.25) is 0 Å². The van der Waals surface area contributed by atoms with Crippen LogP contribution >= 0.6 is 11.8 Å². The second-order valence-corrected chi connectivity index (χ2v) is 5.04. The summed E-state index contributed by atoms with van der Waals surface area (Å²) in [5.41, 5.74) is 0.736. The summed E-state index contributed by atoms with van der Waals surface area (Å²) in [7, 11) is 0. The first-order valence-electron chi connectivity index (χ1n) is 4.66. The summed E-state index contributed by atoms with van der Waals surface area (Å²) >= 11 is 2.06. The second kappa shape index (κ2) is 2.98. The summed E-state index contributed by atoms with van der Waals surface area (Å²) in [6.45, 7) is 3.61. The van der Waals surface area contributed by atoms with Crippen molar-refractivity contribution in [3.63, 3.8) is 0 Å². The standard InChI is InChI=1S/C9H17NS/c1-2-9(3-4-9)7-10-8-5-11-6-8/h8,10H,2-7H2,1H3. The normalized spacial score (nSPS) is 28.1. The maximum absolute atomic E-state index is 3.65. The predicted octanol–water partition coefficient (Wildman–Crippen LogP) is 1.88. The van der Waals surface area contributed by atoms with Crippen LogP contribution in [0.3, 0.4) is 0 Å². The highest BCUT2D eigenvalue weighted by Crippen LogP contribution is 2.48. The molecule has 0 aromatic heterocycles. The Kier molecular flexibility index (Phi) is 2.15. The van der Waals surface area contributed by atoms with Crippen molar-refractivity contribution in [2.24, 2.45) is 5.41 Å². The molecule has 1 aliphatic carbocycles. The Morgan fingerprint density at radius 3 is 2.55 bits per heavy atom. The highest BCUT2D eigenvalue weighted by molar-refractivity contribution is 8.00. The van der Waals surface area contributed by atoms with Gasteiger partial charge in [-0.1, -0.05) is 6.92 Å². The average molecular weight is 171 g/mol. The molecule has 1 heterocycles. The van der Waals surface area contributed by atoms with Gasteiger partial charge in [-0.05, 0) is 24.7 Å². The topological polar surface area (TPSA) is 12.0 Å². The molecule has 0 bridgehead atoms. The zero-order valence-electron chi connectivity index (χ0n) is 7.23. The third-order valence-corrected chi connectivity index (χ3v) is 4.39. The fourth-order valence-electron chi connectivity index (χ4n) is 1.55. The molecule has 2 rings (SSSR count). The predicted molar refractivity (Wildman–Crippen MR) is 51.1 cm³/mol. The Balaban J connectivity index is 1.65. The van der Waals surface area contributed by atoms with Crippen LogP contribution in [0.4, 0.5) is 0 Å². The van der Waals surface area contributed by atoms with E-state index in [1.54, 1.807) is 0 Å². The van der Waals surface area contributed by atoms with E-state index in [2.05, 4.69) is 24.0 Å². The molecule has 1 N–H and O–H groups in total. The fourth-order valence-corrected chi connectivity index (χ4v) is 2.25. The lowest BCUT2D eigenvalue weighted by Gasteiger charge is -2.28. The molecule has 1 nitrogen and oxygen atoms in total. The fraction of sp³-hybridized carbons (Fsp3) is 1.00. The van der Waals surface area contributed by atoms with Crippen LogP contribution < -0.4 is 5.32 Å². The minimum atomic E-state index is 0.736. The van der Waals surface area contributed by atoms with Gasteiger partial charge in [0.05, 0.1) is 0 Å². The number of rotatable bonds is 4. The SMILES string of the molecule is CCC1(CNC2CSC2)CC1. The van der Waals surface area contributed by atoms with Gasteiger partial charge in [-0.2, -0.15) is 11.8 Å². The minimum absolute atomic E-state index is 0.736. The van der Waals surface area contributed by atoms with Gasteiger partial charge in [0.1, 0.15) is 0 Å². The molecule has 64 valence electrons. The van der Waals surface area contributed by atoms with Crippen LogP contribution in [-0.4, -0.2) is 24.1 Å². The Bertz CT molecular complexity index is 138. The quantitative estimate of drug-likeness (QED) is 0.693. The van der Waals surface area contributed by atoms with E-state index in [1.807, 2.05) is 0 Å². The van der Waals surface area contributed by atoms with Gasteiger partial charge in [-0.25, -0.2) is 0 Å². The zero-order valence-corrected chi connectivity index (χ0v) is 8.04. The highest BCUT2D eigenvalue weighted by Gasteiger charge is 2.40. The average Bonchev–Trinajstić information content (AvgIpc) is 2.66. The van der Waals surface area contributed by atoms with E-state index in [0.29, 0.717) is 0 Å². The number of hydrogen-bond acceptors (Lipinski definition) is 2. The first kappa shape index (κ1) is 7.93. The van der Waals surface area contributed by atoms with E-state index in [9.17, 15) is 0 Å². The number of thioether (sulfide) groups is 1. The van der Waals surface area contributed by atoms with Gasteiger partial charge in [0.25, 0.3) is 0 Å². The van der Waals surface area contributed by atoms with E-state index < -0.39 is 0 Å². The molecule has 2 heteroatoms. The van der Waals surface area contributed by atoms with Crippen molar-refractivity contribution in [3.8, 4) is 0 Å². The number of hydrogen-bond donors (Lipinski definition) is 1. The lowest BCUT2D eigenvalue weighted by Crippen LogP contribution is -2.42. The van der Waals surface area contributed by atoms with E-state index in [0.717, 1.165) is 11.5 Å². The van der Waals surface area contributed by atoms with Gasteiger partial charge >= 0.3 is 0 Å². The van der Waals surface area contributed by atoms with E-state index in [4.69, 9.17) is 0 Å². The molecule has 0 radical (unpaired) electrons. The van der Waals surface area contributed by atoms with Gasteiger partial charge in [-0.15, -0.1) is 0 Å². The lowest BCUT2D eigenvalue weighted by molar-refractivity contribution is 0.419. The number of nitrogens with one attached hydrogen (secondary N) is 1. The summed E-state index contributed by atoms with van der Waals surface area (Å²) < 4.78 is 0. The summed E-state index contributed by atoms with van der Waals surface area (Å²) in [5.74, 6) is 2.69. The Morgan fingerprint density at radius 1 is 1.45 bits per heavy atom. The zero-order chi connectivity index (χ0) is 7.73. The van der Waals surface area contributed by atoms with E-state index in [1.165, 1.54) is 37.3 Å². The van der Waals surface area contributed by atoms with Crippen LogP contribution in [0.1, 0.15) is 26.2 Å². The Labute approximate surface area is 73.3 Å². The summed E-state index contributed by atoms with van der Waals surface area (Å²) in [5, 5.41) is 3.65. The lowest BCUT2D eigenvalue weighted by atomic mass is 10.0. The van der Waals surface area contributed by atoms with E-state index in [-0.39, 0.29) is 0 Å². The molecule has 11 heavy (non-hydrogen) atoms. The maximum atomic E-state index is 3.65. The van der Waals surface area contributed by atoms with Gasteiger partial charge in [0.2, 0.25) is 0 Å². The molecule has 2 aliphatic rings. The molecular weight excluding hydrogens is 154 g/mol. The van der Waals surface area contributed by atoms with Crippen molar-refractivity contribution in [3.05, 3.63) is 0 Å². The molecule has 0 unspecified atom stereocenters. The minimum Gasteiger partial charge on any atom is -0.312 e. The van der Waals surface area contributed by atoms with Crippen molar-refractivity contribution < 1.29 is 0 Å². The highest BCUT2D eigenvalue weighted by atomic mass is 32.2. The molecule has 0 amide bonds. The summed E-state index contributed by atoms with van der Waals surface area (Å²) in [6.07, 6.45) is 4.31. The Morgan fingerprint density at radius 2 is 2.18 bits per heavy atom. The second-order valence-electron chi connectivity index (χ2n) is 3.97. The van der Waals surface area contributed by atoms with Crippen molar-refractivity contribution in [1.29, 1.82) is 0 Å². The van der Waals surface area contributed by atoms with Crippen molar-refractivity contribution >= 4 is 11.8 Å². The van der Waals surface area contributed by atoms with Crippen molar-refractivity contribution in [2.75, 3.05) is 18.1 Å². The molecule has 0 atom stereocenters. The first-order valence-corrected chi connectivity index (χ1v) is 5.81. The molecule has 1 aliphatic heterocycles.